The average Bonchev–Trinajstić information content (AvgIpc) is 3.35. The first-order valence-corrected chi connectivity index (χ1v) is 18.8. The summed E-state index contributed by atoms with van der Waals surface area (Å²) in [6, 6.07) is 0. The van der Waals surface area contributed by atoms with Crippen LogP contribution in [0.25, 0.3) is 0 Å². The first kappa shape index (κ1) is 42.7. The lowest BCUT2D eigenvalue weighted by Gasteiger charge is -2.48. The minimum absolute atomic E-state index is 0.124. The van der Waals surface area contributed by atoms with E-state index in [9.17, 15) is 0 Å². The summed E-state index contributed by atoms with van der Waals surface area (Å²) in [5, 5.41) is 0. The summed E-state index contributed by atoms with van der Waals surface area (Å²) in [4.78, 5) is 0. The van der Waals surface area contributed by atoms with Gasteiger partial charge in [0.2, 0.25) is 5.79 Å². The molecule has 11 nitrogen and oxygen atoms in total. The van der Waals surface area contributed by atoms with Crippen molar-refractivity contribution in [2.24, 2.45) is 0 Å². The van der Waals surface area contributed by atoms with Crippen molar-refractivity contribution >= 4 is 0 Å². The summed E-state index contributed by atoms with van der Waals surface area (Å²) in [5.41, 5.74) is 0. The van der Waals surface area contributed by atoms with Crippen LogP contribution in [0.3, 0.4) is 0 Å². The SMILES string of the molecule is CCCOC[C@H]1O[C@@](COCCC)(O[C@H]2O[C@H](COCCC)[C@@H](OCCC)[C@H](OCCC)[C@H]2OCCC)[C@@H](OCCC)[C@@H]1OCCC. The smallest absolute Gasteiger partial charge is 0.224 e. The van der Waals surface area contributed by atoms with Gasteiger partial charge in [-0.15, -0.1) is 0 Å². The molecular formula is C36H70O11. The maximum absolute atomic E-state index is 7.11. The van der Waals surface area contributed by atoms with Crippen LogP contribution in [0.5, 0.6) is 0 Å². The van der Waals surface area contributed by atoms with Gasteiger partial charge in [0.25, 0.3) is 0 Å². The van der Waals surface area contributed by atoms with Crippen molar-refractivity contribution in [2.75, 3.05) is 72.7 Å². The Balaban J connectivity index is 2.61. The average molecular weight is 679 g/mol. The Hall–Kier alpha value is -0.440. The maximum Gasteiger partial charge on any atom is 0.224 e. The van der Waals surface area contributed by atoms with Crippen LogP contribution in [0.15, 0.2) is 0 Å². The Labute approximate surface area is 286 Å². The zero-order chi connectivity index (χ0) is 34.3. The Bertz CT molecular complexity index is 746. The van der Waals surface area contributed by atoms with Gasteiger partial charge in [-0.1, -0.05) is 55.4 Å². The quantitative estimate of drug-likeness (QED) is 0.0861. The number of hydrogen-bond acceptors (Lipinski definition) is 11. The van der Waals surface area contributed by atoms with Crippen molar-refractivity contribution in [3.8, 4) is 0 Å². The van der Waals surface area contributed by atoms with Crippen LogP contribution in [0.4, 0.5) is 0 Å². The number of hydrogen-bond donors (Lipinski definition) is 0. The van der Waals surface area contributed by atoms with Gasteiger partial charge in [-0.3, -0.25) is 0 Å². The first-order chi connectivity index (χ1) is 23.0. The molecule has 2 heterocycles. The summed E-state index contributed by atoms with van der Waals surface area (Å²) >= 11 is 0. The lowest BCUT2D eigenvalue weighted by Crippen LogP contribution is -2.65. The summed E-state index contributed by atoms with van der Waals surface area (Å²) in [6.07, 6.45) is 2.58. The second-order valence-electron chi connectivity index (χ2n) is 12.5. The van der Waals surface area contributed by atoms with Crippen molar-refractivity contribution in [1.29, 1.82) is 0 Å². The van der Waals surface area contributed by atoms with Gasteiger partial charge in [-0.05, 0) is 51.4 Å². The third-order valence-electron chi connectivity index (χ3n) is 7.83. The van der Waals surface area contributed by atoms with Crippen molar-refractivity contribution in [3.05, 3.63) is 0 Å². The van der Waals surface area contributed by atoms with Crippen LogP contribution in [0.2, 0.25) is 0 Å². The van der Waals surface area contributed by atoms with E-state index < -0.39 is 54.8 Å². The van der Waals surface area contributed by atoms with Crippen molar-refractivity contribution < 1.29 is 52.1 Å². The largest absolute Gasteiger partial charge is 0.379 e. The van der Waals surface area contributed by atoms with E-state index in [0.717, 1.165) is 51.4 Å². The first-order valence-electron chi connectivity index (χ1n) is 18.8. The van der Waals surface area contributed by atoms with Crippen molar-refractivity contribution in [1.82, 2.24) is 0 Å². The van der Waals surface area contributed by atoms with E-state index in [1.165, 1.54) is 0 Å². The standard InChI is InChI=1S/C36H70O11/c1-9-17-37-25-28-30(40-20-12-4)32(42-22-14-6)33(43-23-15-7)35(45-28)47-36(27-39-19-11-3)34(44-24-16-8)31(41-21-13-5)29(46-36)26-38-18-10-2/h28-35H,9-27H2,1-8H3/t28-,29-,30-,31-,32+,33-,34+,35-,36+/m1/s1. The summed E-state index contributed by atoms with van der Waals surface area (Å²) in [7, 11) is 0. The highest BCUT2D eigenvalue weighted by Gasteiger charge is 2.61. The predicted octanol–water partition coefficient (Wildman–Crippen LogP) is 6.08. The Morgan fingerprint density at radius 3 is 1.45 bits per heavy atom. The zero-order valence-corrected chi connectivity index (χ0v) is 31.0. The molecule has 280 valence electrons. The molecule has 2 saturated heterocycles. The molecule has 0 N–H and O–H groups in total. The van der Waals surface area contributed by atoms with E-state index in [-0.39, 0.29) is 6.61 Å². The molecule has 2 aliphatic rings. The molecule has 2 rings (SSSR count). The molecule has 0 radical (unpaired) electrons. The molecule has 47 heavy (non-hydrogen) atoms. The summed E-state index contributed by atoms with van der Waals surface area (Å²) < 4.78 is 71.7. The number of rotatable bonds is 29. The van der Waals surface area contributed by atoms with Crippen LogP contribution in [0, 0.1) is 0 Å². The number of ether oxygens (including phenoxy) is 11. The Kier molecular flexibility index (Phi) is 23.2. The van der Waals surface area contributed by atoms with Gasteiger partial charge in [-0.25, -0.2) is 0 Å². The van der Waals surface area contributed by atoms with E-state index in [1.807, 2.05) is 0 Å². The van der Waals surface area contributed by atoms with Crippen LogP contribution in [0.1, 0.15) is 107 Å². The molecule has 0 aliphatic carbocycles. The van der Waals surface area contributed by atoms with Gasteiger partial charge < -0.3 is 52.1 Å². The third-order valence-corrected chi connectivity index (χ3v) is 7.83. The second-order valence-corrected chi connectivity index (χ2v) is 12.5. The van der Waals surface area contributed by atoms with Gasteiger partial charge in [0.1, 0.15) is 49.3 Å². The highest BCUT2D eigenvalue weighted by Crippen LogP contribution is 2.41. The molecule has 0 saturated carbocycles. The van der Waals surface area contributed by atoms with Gasteiger partial charge in [0.15, 0.2) is 6.29 Å². The molecular weight excluding hydrogens is 608 g/mol. The molecule has 2 aliphatic heterocycles. The van der Waals surface area contributed by atoms with E-state index in [4.69, 9.17) is 52.1 Å². The van der Waals surface area contributed by atoms with Crippen LogP contribution >= 0.6 is 0 Å². The van der Waals surface area contributed by atoms with Gasteiger partial charge in [0.05, 0.1) is 13.2 Å². The van der Waals surface area contributed by atoms with Crippen molar-refractivity contribution in [3.63, 3.8) is 0 Å². The highest BCUT2D eigenvalue weighted by molar-refractivity contribution is 5.02. The molecule has 0 amide bonds. The molecule has 11 heteroatoms. The molecule has 0 aromatic carbocycles. The van der Waals surface area contributed by atoms with Crippen LogP contribution < -0.4 is 0 Å². The maximum atomic E-state index is 7.11. The lowest BCUT2D eigenvalue weighted by molar-refractivity contribution is -0.395. The Morgan fingerprint density at radius 2 is 0.894 bits per heavy atom. The normalized spacial score (nSPS) is 31.1. The van der Waals surface area contributed by atoms with E-state index in [2.05, 4.69) is 55.4 Å². The molecule has 0 bridgehead atoms. The monoisotopic (exact) mass is 678 g/mol. The fraction of sp³-hybridized carbons (Fsp3) is 1.00. The lowest BCUT2D eigenvalue weighted by atomic mass is 9.97. The molecule has 0 spiro atoms. The van der Waals surface area contributed by atoms with Crippen LogP contribution in [-0.2, 0) is 52.1 Å². The Morgan fingerprint density at radius 1 is 0.447 bits per heavy atom. The minimum Gasteiger partial charge on any atom is -0.379 e. The third kappa shape index (κ3) is 13.7. The summed E-state index contributed by atoms with van der Waals surface area (Å²) in [6.45, 7) is 22.0. The molecule has 9 atom stereocenters. The second kappa shape index (κ2) is 25.5. The van der Waals surface area contributed by atoms with Gasteiger partial charge >= 0.3 is 0 Å². The topological polar surface area (TPSA) is 102 Å². The highest BCUT2D eigenvalue weighted by atomic mass is 16.8. The zero-order valence-electron chi connectivity index (χ0n) is 31.0. The fourth-order valence-electron chi connectivity index (χ4n) is 5.80. The fourth-order valence-corrected chi connectivity index (χ4v) is 5.80. The van der Waals surface area contributed by atoms with E-state index in [0.29, 0.717) is 66.1 Å². The van der Waals surface area contributed by atoms with E-state index in [1.54, 1.807) is 0 Å². The van der Waals surface area contributed by atoms with Crippen molar-refractivity contribution in [2.45, 2.75) is 162 Å². The minimum atomic E-state index is -1.36. The van der Waals surface area contributed by atoms with Crippen LogP contribution in [-0.4, -0.2) is 127 Å². The molecule has 0 aromatic rings. The summed E-state index contributed by atoms with van der Waals surface area (Å²) in [5.74, 6) is -1.36. The molecule has 0 unspecified atom stereocenters. The van der Waals surface area contributed by atoms with Gasteiger partial charge in [0, 0.05) is 52.9 Å². The predicted molar refractivity (Wildman–Crippen MR) is 181 cm³/mol. The van der Waals surface area contributed by atoms with E-state index >= 15 is 0 Å². The van der Waals surface area contributed by atoms with Gasteiger partial charge in [-0.2, -0.15) is 0 Å². The molecule has 0 aromatic heterocycles. The molecule has 2 fully saturated rings.